The van der Waals surface area contributed by atoms with Crippen molar-refractivity contribution in [2.75, 3.05) is 0 Å². The lowest BCUT2D eigenvalue weighted by atomic mass is 9.86. The molecule has 2 amide bonds. The zero-order chi connectivity index (χ0) is 23.2. The minimum Gasteiger partial charge on any atom is -0.287 e. The van der Waals surface area contributed by atoms with Crippen LogP contribution in [0.3, 0.4) is 0 Å². The average Bonchev–Trinajstić information content (AvgIpc) is 3.61. The zero-order valence-electron chi connectivity index (χ0n) is 19.5. The van der Waals surface area contributed by atoms with Crippen molar-refractivity contribution in [1.82, 2.24) is 9.80 Å². The van der Waals surface area contributed by atoms with Crippen molar-refractivity contribution in [3.8, 4) is 0 Å². The fourth-order valence-corrected chi connectivity index (χ4v) is 6.22. The van der Waals surface area contributed by atoms with Crippen molar-refractivity contribution in [1.29, 1.82) is 0 Å². The lowest BCUT2D eigenvalue weighted by molar-refractivity contribution is 0.0195. The van der Waals surface area contributed by atoms with Crippen LogP contribution in [0.25, 0.3) is 0 Å². The van der Waals surface area contributed by atoms with Crippen LogP contribution in [-0.4, -0.2) is 33.7 Å². The highest BCUT2D eigenvalue weighted by molar-refractivity contribution is 6.21. The summed E-state index contributed by atoms with van der Waals surface area (Å²) in [4.78, 5) is 31.1. The summed E-state index contributed by atoms with van der Waals surface area (Å²) in [7, 11) is 0. The van der Waals surface area contributed by atoms with Gasteiger partial charge < -0.3 is 0 Å². The summed E-state index contributed by atoms with van der Waals surface area (Å²) in [6, 6.07) is 28.6. The normalized spacial score (nSPS) is 26.4. The van der Waals surface area contributed by atoms with E-state index in [1.807, 2.05) is 18.2 Å². The van der Waals surface area contributed by atoms with E-state index in [0.29, 0.717) is 23.0 Å². The molecular weight excluding hydrogens is 420 g/mol. The lowest BCUT2D eigenvalue weighted by Gasteiger charge is -2.45. The van der Waals surface area contributed by atoms with Gasteiger partial charge in [0.2, 0.25) is 0 Å². The molecule has 1 heterocycles. The molecule has 3 aromatic rings. The van der Waals surface area contributed by atoms with Crippen molar-refractivity contribution in [3.63, 3.8) is 0 Å². The van der Waals surface area contributed by atoms with Gasteiger partial charge in [-0.15, -0.1) is 0 Å². The Kier molecular flexibility index (Phi) is 5.34. The van der Waals surface area contributed by atoms with Crippen molar-refractivity contribution >= 4 is 11.8 Å². The SMILES string of the molecule is C[C@H](c1ccccc1)N(Cc1ccccc1)[C@@H]1CC2CC2C[C@H]1N1C(=O)c2ccccc2C1=O. The third-order valence-electron chi connectivity index (χ3n) is 8.17. The first-order valence-electron chi connectivity index (χ1n) is 12.4. The summed E-state index contributed by atoms with van der Waals surface area (Å²) in [6.45, 7) is 3.05. The Labute approximate surface area is 201 Å². The minimum atomic E-state index is -0.123. The molecule has 0 N–H and O–H groups in total. The zero-order valence-corrected chi connectivity index (χ0v) is 19.5. The van der Waals surface area contributed by atoms with E-state index in [-0.39, 0.29) is 29.9 Å². The summed E-state index contributed by atoms with van der Waals surface area (Å²) < 4.78 is 0. The van der Waals surface area contributed by atoms with Crippen LogP contribution in [0.1, 0.15) is 64.1 Å². The Morgan fingerprint density at radius 3 is 1.97 bits per heavy atom. The van der Waals surface area contributed by atoms with Crippen molar-refractivity contribution in [3.05, 3.63) is 107 Å². The second-order valence-electron chi connectivity index (χ2n) is 10.1. The molecule has 4 heteroatoms. The number of nitrogens with zero attached hydrogens (tertiary/aromatic N) is 2. The summed E-state index contributed by atoms with van der Waals surface area (Å²) in [5.41, 5.74) is 3.62. The van der Waals surface area contributed by atoms with Gasteiger partial charge in [0, 0.05) is 18.6 Å². The Morgan fingerprint density at radius 2 is 1.32 bits per heavy atom. The molecule has 34 heavy (non-hydrogen) atoms. The highest BCUT2D eigenvalue weighted by Gasteiger charge is 2.54. The third kappa shape index (κ3) is 3.67. The lowest BCUT2D eigenvalue weighted by Crippen LogP contribution is -2.55. The predicted octanol–water partition coefficient (Wildman–Crippen LogP) is 5.71. The Morgan fingerprint density at radius 1 is 0.765 bits per heavy atom. The van der Waals surface area contributed by atoms with Gasteiger partial charge in [-0.25, -0.2) is 0 Å². The van der Waals surface area contributed by atoms with Gasteiger partial charge in [-0.1, -0.05) is 72.8 Å². The molecule has 1 aliphatic heterocycles. The van der Waals surface area contributed by atoms with Crippen molar-refractivity contribution in [2.24, 2.45) is 11.8 Å². The van der Waals surface area contributed by atoms with E-state index in [4.69, 9.17) is 0 Å². The standard InChI is InChI=1S/C30H30N2O2/c1-20(22-12-6-3-7-13-22)31(19-21-10-4-2-5-11-21)27-17-23-16-24(23)18-28(27)32-29(33)25-14-8-9-15-26(25)30(32)34/h2-15,20,23-24,27-28H,16-19H2,1H3/t20-,23?,24?,27-,28-/m1/s1. The second-order valence-corrected chi connectivity index (χ2v) is 10.1. The molecule has 5 atom stereocenters. The van der Waals surface area contributed by atoms with Crippen LogP contribution in [0.4, 0.5) is 0 Å². The highest BCUT2D eigenvalue weighted by Crippen LogP contribution is 2.53. The van der Waals surface area contributed by atoms with Crippen LogP contribution in [0.5, 0.6) is 0 Å². The van der Waals surface area contributed by atoms with E-state index in [1.54, 1.807) is 17.0 Å². The molecule has 0 saturated heterocycles. The van der Waals surface area contributed by atoms with Gasteiger partial charge in [-0.05, 0) is 61.3 Å². The van der Waals surface area contributed by atoms with Crippen LogP contribution in [0.2, 0.25) is 0 Å². The maximum atomic E-state index is 13.5. The smallest absolute Gasteiger partial charge is 0.261 e. The summed E-state index contributed by atoms with van der Waals surface area (Å²) >= 11 is 0. The molecule has 0 radical (unpaired) electrons. The largest absolute Gasteiger partial charge is 0.287 e. The van der Waals surface area contributed by atoms with Crippen LogP contribution in [0, 0.1) is 11.8 Å². The summed E-state index contributed by atoms with van der Waals surface area (Å²) in [5, 5.41) is 0. The quantitative estimate of drug-likeness (QED) is 0.452. The summed E-state index contributed by atoms with van der Waals surface area (Å²) in [5.74, 6) is 1.09. The first kappa shape index (κ1) is 21.3. The fraction of sp³-hybridized carbons (Fsp3) is 0.333. The van der Waals surface area contributed by atoms with Crippen LogP contribution >= 0.6 is 0 Å². The first-order valence-corrected chi connectivity index (χ1v) is 12.4. The molecule has 0 aromatic heterocycles. The number of benzene rings is 3. The maximum absolute atomic E-state index is 13.5. The van der Waals surface area contributed by atoms with Crippen molar-refractivity contribution < 1.29 is 9.59 Å². The van der Waals surface area contributed by atoms with Gasteiger partial charge in [0.05, 0.1) is 17.2 Å². The van der Waals surface area contributed by atoms with E-state index >= 15 is 0 Å². The molecular formula is C30H30N2O2. The second kappa shape index (κ2) is 8.52. The summed E-state index contributed by atoms with van der Waals surface area (Å²) in [6.07, 6.45) is 3.16. The maximum Gasteiger partial charge on any atom is 0.261 e. The van der Waals surface area contributed by atoms with Crippen LogP contribution in [0.15, 0.2) is 84.9 Å². The van der Waals surface area contributed by atoms with E-state index < -0.39 is 0 Å². The van der Waals surface area contributed by atoms with E-state index in [1.165, 1.54) is 17.5 Å². The number of carbonyl (C=O) groups excluding carboxylic acids is 2. The number of carbonyl (C=O) groups is 2. The highest BCUT2D eigenvalue weighted by atomic mass is 16.2. The number of amides is 2. The molecule has 3 aromatic carbocycles. The Bertz CT molecular complexity index is 1170. The fourth-order valence-electron chi connectivity index (χ4n) is 6.22. The van der Waals surface area contributed by atoms with Gasteiger partial charge in [0.15, 0.2) is 0 Å². The molecule has 4 nitrogen and oxygen atoms in total. The third-order valence-corrected chi connectivity index (χ3v) is 8.17. The monoisotopic (exact) mass is 450 g/mol. The van der Waals surface area contributed by atoms with E-state index in [0.717, 1.165) is 19.4 Å². The van der Waals surface area contributed by atoms with Crippen LogP contribution < -0.4 is 0 Å². The topological polar surface area (TPSA) is 40.6 Å². The number of rotatable bonds is 6. The average molecular weight is 451 g/mol. The number of fused-ring (bicyclic) bond motifs is 2. The van der Waals surface area contributed by atoms with Crippen LogP contribution in [-0.2, 0) is 6.54 Å². The molecule has 0 bridgehead atoms. The molecule has 0 spiro atoms. The molecule has 6 rings (SSSR count). The first-order chi connectivity index (χ1) is 16.6. The minimum absolute atomic E-state index is 0.106. The molecule has 2 fully saturated rings. The van der Waals surface area contributed by atoms with Gasteiger partial charge >= 0.3 is 0 Å². The van der Waals surface area contributed by atoms with Gasteiger partial charge in [0.25, 0.3) is 11.8 Å². The predicted molar refractivity (Wildman–Crippen MR) is 132 cm³/mol. The Balaban J connectivity index is 1.39. The number of imide groups is 1. The molecule has 2 aliphatic carbocycles. The number of hydrogen-bond acceptors (Lipinski definition) is 3. The molecule has 172 valence electrons. The van der Waals surface area contributed by atoms with Crippen molar-refractivity contribution in [2.45, 2.75) is 50.9 Å². The van der Waals surface area contributed by atoms with Gasteiger partial charge in [-0.3, -0.25) is 19.4 Å². The molecule has 3 aliphatic rings. The molecule has 2 saturated carbocycles. The molecule has 2 unspecified atom stereocenters. The Hall–Kier alpha value is -3.24. The van der Waals surface area contributed by atoms with E-state index in [2.05, 4.69) is 66.4 Å². The van der Waals surface area contributed by atoms with Gasteiger partial charge in [-0.2, -0.15) is 0 Å². The number of hydrogen-bond donors (Lipinski definition) is 0. The van der Waals surface area contributed by atoms with Gasteiger partial charge in [0.1, 0.15) is 0 Å². The van der Waals surface area contributed by atoms with E-state index in [9.17, 15) is 9.59 Å².